The van der Waals surface area contributed by atoms with E-state index in [9.17, 15) is 4.79 Å². The van der Waals surface area contributed by atoms with Crippen LogP contribution in [-0.2, 0) is 11.2 Å². The Hall–Kier alpha value is -2.08. The fourth-order valence-electron chi connectivity index (χ4n) is 1.93. The van der Waals surface area contributed by atoms with Gasteiger partial charge < -0.3 is 18.8 Å². The Balaban J connectivity index is 2.12. The van der Waals surface area contributed by atoms with Gasteiger partial charge in [-0.2, -0.15) is 0 Å². The van der Waals surface area contributed by atoms with Gasteiger partial charge in [0.2, 0.25) is 5.91 Å². The maximum atomic E-state index is 12.1. The minimum atomic E-state index is -0.0797. The molecule has 0 bridgehead atoms. The van der Waals surface area contributed by atoms with Crippen LogP contribution in [0.15, 0.2) is 27.2 Å². The van der Waals surface area contributed by atoms with Gasteiger partial charge in [0.1, 0.15) is 5.76 Å². The largest absolute Gasteiger partial charge is 0.459 e. The summed E-state index contributed by atoms with van der Waals surface area (Å²) in [6.45, 7) is 4.48. The SMILES string of the molecule is CCN(CCO)C(=O)Cc1nc(-c2ccco2)oc1C. The molecule has 6 heteroatoms. The number of hydrogen-bond donors (Lipinski definition) is 1. The number of aryl methyl sites for hydroxylation is 1. The Morgan fingerprint density at radius 3 is 2.90 bits per heavy atom. The highest BCUT2D eigenvalue weighted by Crippen LogP contribution is 2.22. The minimum Gasteiger partial charge on any atom is -0.459 e. The monoisotopic (exact) mass is 278 g/mol. The van der Waals surface area contributed by atoms with Crippen molar-refractivity contribution in [2.75, 3.05) is 19.7 Å². The Morgan fingerprint density at radius 2 is 2.30 bits per heavy atom. The van der Waals surface area contributed by atoms with Crippen molar-refractivity contribution in [3.05, 3.63) is 29.9 Å². The fourth-order valence-corrected chi connectivity index (χ4v) is 1.93. The summed E-state index contributed by atoms with van der Waals surface area (Å²) in [5, 5.41) is 8.93. The molecule has 0 aliphatic carbocycles. The Bertz CT molecular complexity index is 560. The highest BCUT2D eigenvalue weighted by Gasteiger charge is 2.18. The number of carbonyl (C=O) groups is 1. The molecule has 0 unspecified atom stereocenters. The number of oxazole rings is 1. The molecule has 0 aliphatic rings. The van der Waals surface area contributed by atoms with Crippen LogP contribution in [0.4, 0.5) is 0 Å². The van der Waals surface area contributed by atoms with Crippen molar-refractivity contribution < 1.29 is 18.7 Å². The Labute approximate surface area is 117 Å². The summed E-state index contributed by atoms with van der Waals surface area (Å²) in [5.74, 6) is 1.43. The summed E-state index contributed by atoms with van der Waals surface area (Å²) >= 11 is 0. The normalized spacial score (nSPS) is 10.8. The lowest BCUT2D eigenvalue weighted by Gasteiger charge is -2.18. The standard InChI is InChI=1S/C14H18N2O4/c1-3-16(6-7-17)13(18)9-11-10(2)20-14(15-11)12-5-4-8-19-12/h4-5,8,17H,3,6-7,9H2,1-2H3. The fraction of sp³-hybridized carbons (Fsp3) is 0.429. The van der Waals surface area contributed by atoms with Crippen LogP contribution in [0, 0.1) is 6.92 Å². The van der Waals surface area contributed by atoms with Crippen LogP contribution in [0.25, 0.3) is 11.7 Å². The average Bonchev–Trinajstić information content (AvgIpc) is 3.06. The quantitative estimate of drug-likeness (QED) is 0.868. The number of aliphatic hydroxyl groups is 1. The van der Waals surface area contributed by atoms with Gasteiger partial charge in [0.25, 0.3) is 5.89 Å². The molecule has 0 radical (unpaired) electrons. The molecule has 0 spiro atoms. The lowest BCUT2D eigenvalue weighted by atomic mass is 10.2. The summed E-state index contributed by atoms with van der Waals surface area (Å²) in [7, 11) is 0. The number of hydrogen-bond acceptors (Lipinski definition) is 5. The molecule has 1 N–H and O–H groups in total. The number of rotatable bonds is 6. The van der Waals surface area contributed by atoms with Gasteiger partial charge >= 0.3 is 0 Å². The first-order valence-electron chi connectivity index (χ1n) is 6.54. The first-order valence-corrected chi connectivity index (χ1v) is 6.54. The molecule has 1 amide bonds. The maximum Gasteiger partial charge on any atom is 0.263 e. The average molecular weight is 278 g/mol. The molecule has 0 saturated carbocycles. The van der Waals surface area contributed by atoms with Crippen molar-refractivity contribution in [1.82, 2.24) is 9.88 Å². The summed E-state index contributed by atoms with van der Waals surface area (Å²) in [5.41, 5.74) is 0.595. The van der Waals surface area contributed by atoms with Crippen molar-refractivity contribution in [1.29, 1.82) is 0 Å². The second-order valence-corrected chi connectivity index (χ2v) is 4.37. The summed E-state index contributed by atoms with van der Waals surface area (Å²) in [6.07, 6.45) is 1.70. The number of aliphatic hydroxyl groups excluding tert-OH is 1. The van der Waals surface area contributed by atoms with Crippen LogP contribution in [0.5, 0.6) is 0 Å². The van der Waals surface area contributed by atoms with E-state index in [1.54, 1.807) is 30.2 Å². The highest BCUT2D eigenvalue weighted by molar-refractivity contribution is 5.78. The predicted molar refractivity (Wildman–Crippen MR) is 72.0 cm³/mol. The number of amides is 1. The molecular weight excluding hydrogens is 260 g/mol. The number of carbonyl (C=O) groups excluding carboxylic acids is 1. The van der Waals surface area contributed by atoms with Crippen molar-refractivity contribution in [3.8, 4) is 11.7 Å². The van der Waals surface area contributed by atoms with Gasteiger partial charge in [0.05, 0.1) is 25.0 Å². The van der Waals surface area contributed by atoms with Crippen LogP contribution < -0.4 is 0 Å². The molecule has 2 heterocycles. The molecule has 2 aromatic heterocycles. The van der Waals surface area contributed by atoms with E-state index in [1.807, 2.05) is 6.92 Å². The van der Waals surface area contributed by atoms with E-state index in [0.717, 1.165) is 0 Å². The predicted octanol–water partition coefficient (Wildman–Crippen LogP) is 1.63. The Kier molecular flexibility index (Phi) is 4.57. The summed E-state index contributed by atoms with van der Waals surface area (Å²) in [4.78, 5) is 18.0. The van der Waals surface area contributed by atoms with Gasteiger partial charge in [-0.15, -0.1) is 0 Å². The van der Waals surface area contributed by atoms with E-state index in [0.29, 0.717) is 36.2 Å². The molecule has 0 fully saturated rings. The molecule has 0 aliphatic heterocycles. The van der Waals surface area contributed by atoms with E-state index in [2.05, 4.69) is 4.98 Å². The molecule has 20 heavy (non-hydrogen) atoms. The molecule has 2 aromatic rings. The van der Waals surface area contributed by atoms with Gasteiger partial charge in [-0.3, -0.25) is 4.79 Å². The third-order valence-corrected chi connectivity index (χ3v) is 3.05. The van der Waals surface area contributed by atoms with E-state index in [4.69, 9.17) is 13.9 Å². The van der Waals surface area contributed by atoms with Crippen molar-refractivity contribution in [2.24, 2.45) is 0 Å². The van der Waals surface area contributed by atoms with Crippen molar-refractivity contribution in [3.63, 3.8) is 0 Å². The zero-order valence-electron chi connectivity index (χ0n) is 11.6. The van der Waals surface area contributed by atoms with Gasteiger partial charge in [0.15, 0.2) is 5.76 Å². The van der Waals surface area contributed by atoms with Crippen LogP contribution in [0.1, 0.15) is 18.4 Å². The van der Waals surface area contributed by atoms with Crippen molar-refractivity contribution in [2.45, 2.75) is 20.3 Å². The molecule has 0 saturated heterocycles. The zero-order valence-corrected chi connectivity index (χ0v) is 11.6. The second kappa shape index (κ2) is 6.38. The maximum absolute atomic E-state index is 12.1. The van der Waals surface area contributed by atoms with Gasteiger partial charge in [-0.25, -0.2) is 4.98 Å². The lowest BCUT2D eigenvalue weighted by molar-refractivity contribution is -0.130. The molecular formula is C14H18N2O4. The van der Waals surface area contributed by atoms with Crippen molar-refractivity contribution >= 4 is 5.91 Å². The van der Waals surface area contributed by atoms with Crippen LogP contribution in [-0.4, -0.2) is 40.6 Å². The third-order valence-electron chi connectivity index (χ3n) is 3.05. The van der Waals surface area contributed by atoms with Gasteiger partial charge in [0, 0.05) is 13.1 Å². The Morgan fingerprint density at radius 1 is 1.50 bits per heavy atom. The first kappa shape index (κ1) is 14.3. The zero-order chi connectivity index (χ0) is 14.5. The molecule has 2 rings (SSSR count). The number of likely N-dealkylation sites (N-methyl/N-ethyl adjacent to an activating group) is 1. The second-order valence-electron chi connectivity index (χ2n) is 4.37. The van der Waals surface area contributed by atoms with Crippen LogP contribution >= 0.6 is 0 Å². The lowest BCUT2D eigenvalue weighted by Crippen LogP contribution is -2.34. The van der Waals surface area contributed by atoms with E-state index < -0.39 is 0 Å². The number of aromatic nitrogens is 1. The van der Waals surface area contributed by atoms with Crippen LogP contribution in [0.3, 0.4) is 0 Å². The smallest absolute Gasteiger partial charge is 0.263 e. The van der Waals surface area contributed by atoms with Gasteiger partial charge in [-0.05, 0) is 26.0 Å². The van der Waals surface area contributed by atoms with E-state index >= 15 is 0 Å². The number of nitrogens with zero attached hydrogens (tertiary/aromatic N) is 2. The van der Waals surface area contributed by atoms with Crippen LogP contribution in [0.2, 0.25) is 0 Å². The van der Waals surface area contributed by atoms with Gasteiger partial charge in [-0.1, -0.05) is 0 Å². The first-order chi connectivity index (χ1) is 9.65. The third kappa shape index (κ3) is 3.08. The highest BCUT2D eigenvalue weighted by atomic mass is 16.4. The topological polar surface area (TPSA) is 79.7 Å². The molecule has 6 nitrogen and oxygen atoms in total. The number of furan rings is 1. The van der Waals surface area contributed by atoms with E-state index in [1.165, 1.54) is 0 Å². The summed E-state index contributed by atoms with van der Waals surface area (Å²) < 4.78 is 10.7. The molecule has 0 atom stereocenters. The minimum absolute atomic E-state index is 0.0466. The molecule has 108 valence electrons. The molecule has 0 aromatic carbocycles. The summed E-state index contributed by atoms with van der Waals surface area (Å²) in [6, 6.07) is 3.50. The van der Waals surface area contributed by atoms with E-state index in [-0.39, 0.29) is 18.9 Å².